The summed E-state index contributed by atoms with van der Waals surface area (Å²) in [6, 6.07) is 16.4. The first-order valence-electron chi connectivity index (χ1n) is 15.0. The summed E-state index contributed by atoms with van der Waals surface area (Å²) in [7, 11) is 0. The van der Waals surface area contributed by atoms with E-state index < -0.39 is 0 Å². The van der Waals surface area contributed by atoms with E-state index in [1.54, 1.807) is 0 Å². The summed E-state index contributed by atoms with van der Waals surface area (Å²) in [4.78, 5) is 30.6. The topological polar surface area (TPSA) is 67.7 Å². The first-order chi connectivity index (χ1) is 19.4. The molecule has 6 nitrogen and oxygen atoms in total. The first kappa shape index (κ1) is 31.5. The molecule has 3 fully saturated rings. The minimum atomic E-state index is 0.0615. The minimum Gasteiger partial charge on any atom is -0.371 e. The van der Waals surface area contributed by atoms with E-state index in [-0.39, 0.29) is 11.8 Å². The average molecular weight is 565 g/mol. The lowest BCUT2D eigenvalue weighted by Crippen LogP contribution is -2.41. The van der Waals surface area contributed by atoms with E-state index in [9.17, 15) is 14.9 Å². The zero-order valence-electron chi connectivity index (χ0n) is 24.8. The molecule has 40 heavy (non-hydrogen) atoms. The Balaban J connectivity index is 0.00000106. The smallest absolute Gasteiger partial charge is 0.253 e. The van der Waals surface area contributed by atoms with E-state index in [0.717, 1.165) is 69.3 Å². The molecule has 7 heteroatoms. The van der Waals surface area contributed by atoms with Crippen molar-refractivity contribution in [3.05, 3.63) is 58.6 Å². The van der Waals surface area contributed by atoms with Gasteiger partial charge in [0.2, 0.25) is 0 Å². The molecule has 0 radical (unpaired) electrons. The van der Waals surface area contributed by atoms with Crippen LogP contribution in [0.4, 0.5) is 11.4 Å². The molecule has 2 aromatic carbocycles. The van der Waals surface area contributed by atoms with Crippen LogP contribution in [0, 0.1) is 22.7 Å². The summed E-state index contributed by atoms with van der Waals surface area (Å²) in [6.07, 6.45) is 5.96. The number of anilines is 2. The van der Waals surface area contributed by atoms with Crippen molar-refractivity contribution in [3.8, 4) is 6.07 Å². The molecule has 1 amide bonds. The molecule has 0 aliphatic carbocycles. The summed E-state index contributed by atoms with van der Waals surface area (Å²) in [5.41, 5.74) is 3.80. The minimum absolute atomic E-state index is 0.0615. The highest BCUT2D eigenvalue weighted by molar-refractivity contribution is 6.32. The first-order valence-corrected chi connectivity index (χ1v) is 15.3. The summed E-state index contributed by atoms with van der Waals surface area (Å²) in [5, 5.41) is 9.70. The molecule has 5 rings (SSSR count). The Morgan fingerprint density at radius 1 is 0.975 bits per heavy atom. The SMILES string of the molecule is CC.CC.CC1CC2(CCN(c3ccc(C(=O)N4CCC(C=O)CC4)cc3)CC2)CN1c1ccc(C#N)c(Cl)c1. The van der Waals surface area contributed by atoms with Gasteiger partial charge < -0.3 is 19.5 Å². The number of piperidine rings is 2. The molecule has 0 aromatic heterocycles. The second kappa shape index (κ2) is 14.6. The number of nitriles is 1. The molecule has 3 heterocycles. The van der Waals surface area contributed by atoms with Crippen LogP contribution < -0.4 is 9.80 Å². The lowest BCUT2D eigenvalue weighted by atomic mass is 9.76. The molecule has 3 saturated heterocycles. The van der Waals surface area contributed by atoms with Gasteiger partial charge in [0.05, 0.1) is 10.6 Å². The van der Waals surface area contributed by atoms with Crippen molar-refractivity contribution in [1.82, 2.24) is 4.90 Å². The summed E-state index contributed by atoms with van der Waals surface area (Å²) >= 11 is 6.31. The highest BCUT2D eigenvalue weighted by Gasteiger charge is 2.44. The normalized spacial score (nSPS) is 20.1. The van der Waals surface area contributed by atoms with Gasteiger partial charge in [-0.3, -0.25) is 4.79 Å². The van der Waals surface area contributed by atoms with E-state index >= 15 is 0 Å². The fourth-order valence-electron chi connectivity index (χ4n) is 6.28. The molecule has 3 aliphatic rings. The number of carbonyl (C=O) groups is 2. The van der Waals surface area contributed by atoms with Crippen molar-refractivity contribution in [1.29, 1.82) is 5.26 Å². The van der Waals surface area contributed by atoms with E-state index in [1.165, 1.54) is 5.69 Å². The van der Waals surface area contributed by atoms with Gasteiger partial charge in [-0.25, -0.2) is 0 Å². The second-order valence-electron chi connectivity index (χ2n) is 10.8. The lowest BCUT2D eigenvalue weighted by Gasteiger charge is -2.40. The Morgan fingerprint density at radius 3 is 2.12 bits per heavy atom. The maximum absolute atomic E-state index is 12.9. The zero-order chi connectivity index (χ0) is 29.3. The summed E-state index contributed by atoms with van der Waals surface area (Å²) in [5.74, 6) is 0.155. The van der Waals surface area contributed by atoms with E-state index in [0.29, 0.717) is 35.1 Å². The Morgan fingerprint density at radius 2 is 1.57 bits per heavy atom. The molecule has 216 valence electrons. The number of aldehydes is 1. The van der Waals surface area contributed by atoms with Crippen molar-refractivity contribution >= 4 is 35.2 Å². The number of nitrogens with zero attached hydrogens (tertiary/aromatic N) is 4. The molecular weight excluding hydrogens is 520 g/mol. The molecule has 3 aliphatic heterocycles. The number of rotatable bonds is 4. The van der Waals surface area contributed by atoms with Crippen LogP contribution in [0.5, 0.6) is 0 Å². The number of carbonyl (C=O) groups excluding carboxylic acids is 2. The third-order valence-electron chi connectivity index (χ3n) is 8.49. The van der Waals surface area contributed by atoms with Crippen molar-refractivity contribution < 1.29 is 9.59 Å². The molecular formula is C33H45ClN4O2. The molecule has 0 N–H and O–H groups in total. The highest BCUT2D eigenvalue weighted by Crippen LogP contribution is 2.46. The number of likely N-dealkylation sites (tertiary alicyclic amines) is 1. The van der Waals surface area contributed by atoms with Gasteiger partial charge >= 0.3 is 0 Å². The van der Waals surface area contributed by atoms with Crippen molar-refractivity contribution in [2.75, 3.05) is 42.5 Å². The van der Waals surface area contributed by atoms with Crippen LogP contribution in [0.25, 0.3) is 0 Å². The largest absolute Gasteiger partial charge is 0.371 e. The van der Waals surface area contributed by atoms with Crippen LogP contribution in [-0.4, -0.2) is 55.9 Å². The van der Waals surface area contributed by atoms with Crippen LogP contribution in [0.3, 0.4) is 0 Å². The number of halogens is 1. The van der Waals surface area contributed by atoms with Crippen molar-refractivity contribution in [2.24, 2.45) is 11.3 Å². The number of benzene rings is 2. The van der Waals surface area contributed by atoms with Gasteiger partial charge in [0, 0.05) is 61.6 Å². The summed E-state index contributed by atoms with van der Waals surface area (Å²) in [6.45, 7) is 14.6. The predicted octanol–water partition coefficient (Wildman–Crippen LogP) is 7.20. The number of hydrogen-bond acceptors (Lipinski definition) is 5. The molecule has 2 aromatic rings. The van der Waals surface area contributed by atoms with Gasteiger partial charge in [-0.05, 0) is 86.9 Å². The van der Waals surface area contributed by atoms with Crippen LogP contribution in [-0.2, 0) is 4.79 Å². The monoisotopic (exact) mass is 564 g/mol. The fourth-order valence-corrected chi connectivity index (χ4v) is 6.49. The van der Waals surface area contributed by atoms with Gasteiger partial charge in [-0.1, -0.05) is 39.3 Å². The van der Waals surface area contributed by atoms with Gasteiger partial charge in [0.25, 0.3) is 5.91 Å². The fraction of sp³-hybridized carbons (Fsp3) is 0.545. The molecule has 0 bridgehead atoms. The van der Waals surface area contributed by atoms with E-state index in [1.807, 2.05) is 62.9 Å². The van der Waals surface area contributed by atoms with Crippen LogP contribution >= 0.6 is 11.6 Å². The van der Waals surface area contributed by atoms with Crippen LogP contribution in [0.1, 0.15) is 82.6 Å². The van der Waals surface area contributed by atoms with Gasteiger partial charge in [-0.2, -0.15) is 5.26 Å². The Kier molecular flexibility index (Phi) is 11.5. The van der Waals surface area contributed by atoms with Gasteiger partial charge in [-0.15, -0.1) is 0 Å². The molecule has 1 unspecified atom stereocenters. The Labute approximate surface area is 245 Å². The highest BCUT2D eigenvalue weighted by atomic mass is 35.5. The van der Waals surface area contributed by atoms with Crippen molar-refractivity contribution in [3.63, 3.8) is 0 Å². The predicted molar refractivity (Wildman–Crippen MR) is 165 cm³/mol. The Bertz CT molecular complexity index is 1160. The Hall–Kier alpha value is -3.04. The van der Waals surface area contributed by atoms with Crippen molar-refractivity contribution in [2.45, 2.75) is 72.8 Å². The number of amides is 1. The van der Waals surface area contributed by atoms with E-state index in [4.69, 9.17) is 11.6 Å². The average Bonchev–Trinajstić information content (AvgIpc) is 3.34. The maximum atomic E-state index is 12.9. The summed E-state index contributed by atoms with van der Waals surface area (Å²) < 4.78 is 0. The molecule has 1 spiro atoms. The molecule has 1 atom stereocenters. The maximum Gasteiger partial charge on any atom is 0.253 e. The zero-order valence-corrected chi connectivity index (χ0v) is 25.6. The third kappa shape index (κ3) is 6.99. The quantitative estimate of drug-likeness (QED) is 0.367. The van der Waals surface area contributed by atoms with E-state index in [2.05, 4.69) is 34.9 Å². The lowest BCUT2D eigenvalue weighted by molar-refractivity contribution is -0.112. The third-order valence-corrected chi connectivity index (χ3v) is 8.81. The van der Waals surface area contributed by atoms with Gasteiger partial charge in [0.15, 0.2) is 0 Å². The van der Waals surface area contributed by atoms with Crippen LogP contribution in [0.2, 0.25) is 5.02 Å². The number of hydrogen-bond donors (Lipinski definition) is 0. The van der Waals surface area contributed by atoms with Crippen LogP contribution in [0.15, 0.2) is 42.5 Å². The second-order valence-corrected chi connectivity index (χ2v) is 11.2. The standard InChI is InChI=1S/C29H33ClN4O2.2C2H6/c1-21-17-29(20-34(21)26-7-4-24(18-31)27(30)16-26)10-14-32(15-11-29)25-5-2-23(3-6-25)28(36)33-12-8-22(19-35)9-13-33;2*1-2/h2-7,16,19,21-22H,8-15,17,20H2,1H3;2*1-2H3. The molecule has 0 saturated carbocycles. The van der Waals surface area contributed by atoms with Gasteiger partial charge in [0.1, 0.15) is 12.4 Å².